The number of nitrogens with zero attached hydrogens (tertiary/aromatic N) is 1. The second kappa shape index (κ2) is 14.0. The lowest BCUT2D eigenvalue weighted by Crippen LogP contribution is -2.10. The highest BCUT2D eigenvalue weighted by Gasteiger charge is 2.17. The van der Waals surface area contributed by atoms with E-state index in [0.717, 1.165) is 17.1 Å². The van der Waals surface area contributed by atoms with Crippen molar-refractivity contribution in [2.24, 2.45) is 0 Å². The second-order valence-electron chi connectivity index (χ2n) is 14.1. The van der Waals surface area contributed by atoms with Crippen LogP contribution >= 0.6 is 0 Å². The van der Waals surface area contributed by atoms with Gasteiger partial charge in [-0.15, -0.1) is 0 Å². The van der Waals surface area contributed by atoms with Crippen LogP contribution in [-0.2, 0) is 0 Å². The highest BCUT2D eigenvalue weighted by atomic mass is 15.1. The third-order valence-electron chi connectivity index (χ3n) is 10.9. The van der Waals surface area contributed by atoms with Crippen molar-refractivity contribution in [1.82, 2.24) is 0 Å². The van der Waals surface area contributed by atoms with Gasteiger partial charge < -0.3 is 4.90 Å². The van der Waals surface area contributed by atoms with E-state index in [1.165, 1.54) is 76.8 Å². The van der Waals surface area contributed by atoms with Crippen molar-refractivity contribution in [3.05, 3.63) is 224 Å². The molecule has 0 aliphatic rings. The molecule has 0 aromatic heterocycles. The minimum Gasteiger partial charge on any atom is -0.310 e. The molecule has 0 aliphatic heterocycles. The molecule has 0 N–H and O–H groups in total. The smallest absolute Gasteiger partial charge is 0.0540 e. The fraction of sp³-hybridized carbons (Fsp3) is 0. The molecule has 55 heavy (non-hydrogen) atoms. The monoisotopic (exact) mass is 699 g/mol. The Labute approximate surface area is 322 Å². The molecular weight excluding hydrogens is 663 g/mol. The first-order valence-corrected chi connectivity index (χ1v) is 18.9. The summed E-state index contributed by atoms with van der Waals surface area (Å²) in [6, 6.07) is 81.4. The third kappa shape index (κ3) is 6.12. The Morgan fingerprint density at radius 2 is 0.709 bits per heavy atom. The molecule has 0 aliphatic carbocycles. The lowest BCUT2D eigenvalue weighted by Gasteiger charge is -2.27. The Balaban J connectivity index is 1.01. The molecule has 0 radical (unpaired) electrons. The summed E-state index contributed by atoms with van der Waals surface area (Å²) in [7, 11) is 0. The van der Waals surface area contributed by atoms with Crippen LogP contribution in [0.4, 0.5) is 17.1 Å². The largest absolute Gasteiger partial charge is 0.310 e. The average molecular weight is 700 g/mol. The maximum Gasteiger partial charge on any atom is 0.0540 e. The van der Waals surface area contributed by atoms with Crippen LogP contribution in [-0.4, -0.2) is 0 Å². The van der Waals surface area contributed by atoms with E-state index in [0.29, 0.717) is 0 Å². The summed E-state index contributed by atoms with van der Waals surface area (Å²) < 4.78 is 0. The maximum absolute atomic E-state index is 2.37. The van der Waals surface area contributed by atoms with E-state index < -0.39 is 0 Å². The molecule has 0 heterocycles. The number of anilines is 3. The zero-order valence-electron chi connectivity index (χ0n) is 30.3. The summed E-state index contributed by atoms with van der Waals surface area (Å²) in [5.74, 6) is 0. The number of rotatable bonds is 7. The van der Waals surface area contributed by atoms with Crippen LogP contribution in [0, 0.1) is 0 Å². The number of benzene rings is 10. The molecule has 0 saturated carbocycles. The van der Waals surface area contributed by atoms with Crippen LogP contribution in [0.1, 0.15) is 0 Å². The van der Waals surface area contributed by atoms with E-state index in [-0.39, 0.29) is 0 Å². The van der Waals surface area contributed by atoms with Gasteiger partial charge in [-0.2, -0.15) is 0 Å². The van der Waals surface area contributed by atoms with E-state index >= 15 is 0 Å². The molecule has 1 heteroatoms. The van der Waals surface area contributed by atoms with Crippen molar-refractivity contribution in [2.75, 3.05) is 4.90 Å². The average Bonchev–Trinajstić information content (AvgIpc) is 3.27. The van der Waals surface area contributed by atoms with Gasteiger partial charge in [-0.1, -0.05) is 188 Å². The molecule has 0 saturated heterocycles. The predicted molar refractivity (Wildman–Crippen MR) is 235 cm³/mol. The lowest BCUT2D eigenvalue weighted by atomic mass is 9.88. The SMILES string of the molecule is c1ccc(-c2ccc(N(c3ccc(-c4ccc(-c5ccc6ccccc6c5-c5ccc6ccccc6c5)cc4)cc3)c3cccc4ccccc34)cc2)cc1. The third-order valence-corrected chi connectivity index (χ3v) is 10.9. The van der Waals surface area contributed by atoms with Crippen molar-refractivity contribution < 1.29 is 0 Å². The van der Waals surface area contributed by atoms with Crippen LogP contribution in [0.15, 0.2) is 224 Å². The van der Waals surface area contributed by atoms with Gasteiger partial charge in [0.2, 0.25) is 0 Å². The number of hydrogen-bond acceptors (Lipinski definition) is 1. The topological polar surface area (TPSA) is 3.24 Å². The van der Waals surface area contributed by atoms with Crippen LogP contribution in [0.25, 0.3) is 76.8 Å². The Bertz CT molecular complexity index is 2940. The highest BCUT2D eigenvalue weighted by molar-refractivity contribution is 6.06. The van der Waals surface area contributed by atoms with Gasteiger partial charge in [0.05, 0.1) is 5.69 Å². The molecule has 10 aromatic carbocycles. The van der Waals surface area contributed by atoms with Gasteiger partial charge in [0.15, 0.2) is 0 Å². The summed E-state index contributed by atoms with van der Waals surface area (Å²) in [5.41, 5.74) is 13.1. The van der Waals surface area contributed by atoms with Gasteiger partial charge in [-0.3, -0.25) is 0 Å². The van der Waals surface area contributed by atoms with Crippen molar-refractivity contribution in [3.63, 3.8) is 0 Å². The van der Waals surface area contributed by atoms with Crippen molar-refractivity contribution >= 4 is 49.4 Å². The minimum absolute atomic E-state index is 1.11. The first-order valence-electron chi connectivity index (χ1n) is 18.9. The van der Waals surface area contributed by atoms with Gasteiger partial charge >= 0.3 is 0 Å². The van der Waals surface area contributed by atoms with E-state index in [9.17, 15) is 0 Å². The van der Waals surface area contributed by atoms with Crippen LogP contribution < -0.4 is 4.90 Å². The molecule has 0 fully saturated rings. The van der Waals surface area contributed by atoms with Gasteiger partial charge in [-0.25, -0.2) is 0 Å². The minimum atomic E-state index is 1.11. The first-order chi connectivity index (χ1) is 27.3. The van der Waals surface area contributed by atoms with E-state index in [1.807, 2.05) is 0 Å². The molecule has 0 amide bonds. The van der Waals surface area contributed by atoms with Crippen molar-refractivity contribution in [2.45, 2.75) is 0 Å². The molecule has 0 unspecified atom stereocenters. The normalized spacial score (nSPS) is 11.3. The summed E-state index contributed by atoms with van der Waals surface area (Å²) in [6.45, 7) is 0. The Morgan fingerprint density at radius 1 is 0.255 bits per heavy atom. The summed E-state index contributed by atoms with van der Waals surface area (Å²) in [4.78, 5) is 2.37. The predicted octanol–water partition coefficient (Wildman–Crippen LogP) is 15.3. The Hall–Kier alpha value is -7.22. The fourth-order valence-corrected chi connectivity index (χ4v) is 8.08. The van der Waals surface area contributed by atoms with Crippen LogP contribution in [0.5, 0.6) is 0 Å². The lowest BCUT2D eigenvalue weighted by molar-refractivity contribution is 1.30. The van der Waals surface area contributed by atoms with Gasteiger partial charge in [0.1, 0.15) is 0 Å². The summed E-state index contributed by atoms with van der Waals surface area (Å²) >= 11 is 0. The van der Waals surface area contributed by atoms with E-state index in [4.69, 9.17) is 0 Å². The molecule has 258 valence electrons. The zero-order chi connectivity index (χ0) is 36.6. The summed E-state index contributed by atoms with van der Waals surface area (Å²) in [6.07, 6.45) is 0. The van der Waals surface area contributed by atoms with Gasteiger partial charge in [0.25, 0.3) is 0 Å². The fourth-order valence-electron chi connectivity index (χ4n) is 8.08. The molecule has 1 nitrogen and oxygen atoms in total. The number of hydrogen-bond donors (Lipinski definition) is 0. The van der Waals surface area contributed by atoms with Crippen molar-refractivity contribution in [1.29, 1.82) is 0 Å². The zero-order valence-corrected chi connectivity index (χ0v) is 30.3. The second-order valence-corrected chi connectivity index (χ2v) is 14.1. The van der Waals surface area contributed by atoms with Crippen molar-refractivity contribution in [3.8, 4) is 44.5 Å². The highest BCUT2D eigenvalue weighted by Crippen LogP contribution is 2.42. The van der Waals surface area contributed by atoms with Crippen LogP contribution in [0.3, 0.4) is 0 Å². The quantitative estimate of drug-likeness (QED) is 0.160. The molecular formula is C54H37N. The van der Waals surface area contributed by atoms with Gasteiger partial charge in [0, 0.05) is 16.8 Å². The maximum atomic E-state index is 2.37. The Morgan fingerprint density at radius 3 is 1.38 bits per heavy atom. The number of fused-ring (bicyclic) bond motifs is 3. The molecule has 10 aromatic rings. The van der Waals surface area contributed by atoms with E-state index in [2.05, 4.69) is 229 Å². The summed E-state index contributed by atoms with van der Waals surface area (Å²) in [5, 5.41) is 7.45. The molecule has 0 spiro atoms. The van der Waals surface area contributed by atoms with Gasteiger partial charge in [-0.05, 0) is 108 Å². The molecule has 0 bridgehead atoms. The molecule has 0 atom stereocenters. The molecule has 10 rings (SSSR count). The first kappa shape index (κ1) is 32.4. The Kier molecular flexibility index (Phi) is 8.24. The van der Waals surface area contributed by atoms with Crippen LogP contribution in [0.2, 0.25) is 0 Å². The standard InChI is InChI=1S/C54H37N/c1-2-11-38(12-3-1)41-27-32-48(33-28-41)55(53-20-10-17-43-14-6-8-18-50(43)53)49-34-29-42(30-35-49)40-21-24-45(25-22-40)52-36-31-44-15-7-9-19-51(44)54(52)47-26-23-39-13-4-5-16-46(39)37-47/h1-37H. The van der Waals surface area contributed by atoms with E-state index in [1.54, 1.807) is 0 Å².